The fourth-order valence-electron chi connectivity index (χ4n) is 3.49. The fourth-order valence-corrected chi connectivity index (χ4v) is 3.49. The van der Waals surface area contributed by atoms with Crippen LogP contribution in [0.1, 0.15) is 34.7 Å². The summed E-state index contributed by atoms with van der Waals surface area (Å²) in [5.41, 5.74) is 6.89. The maximum atomic E-state index is 5.96. The van der Waals surface area contributed by atoms with Crippen LogP contribution in [0.15, 0.2) is 72.8 Å². The quantitative estimate of drug-likeness (QED) is 0.689. The van der Waals surface area contributed by atoms with Gasteiger partial charge >= 0.3 is 0 Å². The van der Waals surface area contributed by atoms with Crippen molar-refractivity contribution in [3.8, 4) is 0 Å². The van der Waals surface area contributed by atoms with Gasteiger partial charge in [-0.25, -0.2) is 0 Å². The van der Waals surface area contributed by atoms with E-state index in [1.165, 1.54) is 11.1 Å². The Bertz CT molecular complexity index is 847. The number of ether oxygens (including phenoxy) is 2. The normalized spacial score (nSPS) is 21.1. The van der Waals surface area contributed by atoms with Gasteiger partial charge in [0.15, 0.2) is 12.5 Å². The zero-order valence-electron chi connectivity index (χ0n) is 14.3. The van der Waals surface area contributed by atoms with Crippen molar-refractivity contribution in [2.75, 3.05) is 10.6 Å². The summed E-state index contributed by atoms with van der Waals surface area (Å²) in [5, 5.41) is 6.91. The van der Waals surface area contributed by atoms with Gasteiger partial charge in [-0.05, 0) is 12.1 Å². The van der Waals surface area contributed by atoms with E-state index in [0.29, 0.717) is 13.2 Å². The number of anilines is 2. The van der Waals surface area contributed by atoms with E-state index < -0.39 is 0 Å². The molecule has 2 atom stereocenters. The number of rotatable bonds is 2. The Balaban J connectivity index is 1.33. The van der Waals surface area contributed by atoms with Crippen LogP contribution < -0.4 is 10.6 Å². The van der Waals surface area contributed by atoms with Crippen LogP contribution >= 0.6 is 0 Å². The Morgan fingerprint density at radius 1 is 0.577 bits per heavy atom. The molecule has 0 aromatic heterocycles. The van der Waals surface area contributed by atoms with Gasteiger partial charge in [-0.15, -0.1) is 0 Å². The van der Waals surface area contributed by atoms with Crippen molar-refractivity contribution in [3.05, 3.63) is 95.1 Å². The third-order valence-corrected chi connectivity index (χ3v) is 4.96. The minimum Gasteiger partial charge on any atom is -0.356 e. The molecule has 130 valence electrons. The molecule has 2 N–H and O–H groups in total. The molecule has 2 aliphatic rings. The van der Waals surface area contributed by atoms with Gasteiger partial charge in [0, 0.05) is 33.6 Å². The standard InChI is InChI=1S/C22H20N2O2/c1-3-7-19-17(5-1)13-25-21(23-19)15-9-11-16(12-10-15)22-24-20-8-4-2-6-18(20)14-26-22/h1-12,21-24H,13-14H2. The van der Waals surface area contributed by atoms with E-state index in [-0.39, 0.29) is 12.5 Å². The number of para-hydroxylation sites is 2. The topological polar surface area (TPSA) is 42.5 Å². The van der Waals surface area contributed by atoms with Gasteiger partial charge in [0.05, 0.1) is 13.2 Å². The Morgan fingerprint density at radius 3 is 1.46 bits per heavy atom. The van der Waals surface area contributed by atoms with Gasteiger partial charge in [-0.1, -0.05) is 60.7 Å². The van der Waals surface area contributed by atoms with Gasteiger partial charge in [0.25, 0.3) is 0 Å². The molecule has 2 unspecified atom stereocenters. The van der Waals surface area contributed by atoms with E-state index in [0.717, 1.165) is 22.5 Å². The molecule has 5 rings (SSSR count). The Kier molecular flexibility index (Phi) is 3.85. The lowest BCUT2D eigenvalue weighted by Gasteiger charge is -2.29. The highest BCUT2D eigenvalue weighted by Gasteiger charge is 2.22. The molecule has 4 heteroatoms. The van der Waals surface area contributed by atoms with Crippen LogP contribution in [0.3, 0.4) is 0 Å². The molecule has 0 spiro atoms. The van der Waals surface area contributed by atoms with E-state index in [1.807, 2.05) is 24.3 Å². The van der Waals surface area contributed by atoms with Crippen LogP contribution in [0.2, 0.25) is 0 Å². The highest BCUT2D eigenvalue weighted by Crippen LogP contribution is 2.33. The minimum absolute atomic E-state index is 0.125. The van der Waals surface area contributed by atoms with Crippen molar-refractivity contribution >= 4 is 11.4 Å². The zero-order chi connectivity index (χ0) is 17.3. The number of hydrogen-bond acceptors (Lipinski definition) is 4. The molecule has 0 aliphatic carbocycles. The molecule has 2 heterocycles. The van der Waals surface area contributed by atoms with Crippen LogP contribution in [0.4, 0.5) is 11.4 Å². The van der Waals surface area contributed by atoms with Gasteiger partial charge in [0.1, 0.15) is 0 Å². The van der Waals surface area contributed by atoms with Crippen molar-refractivity contribution in [3.63, 3.8) is 0 Å². The zero-order valence-corrected chi connectivity index (χ0v) is 14.3. The van der Waals surface area contributed by atoms with E-state index in [1.54, 1.807) is 0 Å². The third-order valence-electron chi connectivity index (χ3n) is 4.96. The van der Waals surface area contributed by atoms with Crippen LogP contribution in [-0.2, 0) is 22.7 Å². The molecular weight excluding hydrogens is 324 g/mol. The lowest BCUT2D eigenvalue weighted by atomic mass is 10.1. The first-order chi connectivity index (χ1) is 12.9. The second-order valence-corrected chi connectivity index (χ2v) is 6.65. The average molecular weight is 344 g/mol. The summed E-state index contributed by atoms with van der Waals surface area (Å²) >= 11 is 0. The Hall–Kier alpha value is -2.82. The number of hydrogen-bond donors (Lipinski definition) is 2. The van der Waals surface area contributed by atoms with Crippen molar-refractivity contribution in [2.45, 2.75) is 25.7 Å². The number of nitrogens with one attached hydrogen (secondary N) is 2. The molecule has 4 nitrogen and oxygen atoms in total. The largest absolute Gasteiger partial charge is 0.356 e. The fraction of sp³-hybridized carbons (Fsp3) is 0.182. The molecule has 0 bridgehead atoms. The predicted octanol–water partition coefficient (Wildman–Crippen LogP) is 4.97. The number of fused-ring (bicyclic) bond motifs is 2. The lowest BCUT2D eigenvalue weighted by Crippen LogP contribution is -2.22. The molecule has 0 amide bonds. The van der Waals surface area contributed by atoms with Gasteiger partial charge in [-0.2, -0.15) is 0 Å². The minimum atomic E-state index is -0.125. The second-order valence-electron chi connectivity index (χ2n) is 6.65. The van der Waals surface area contributed by atoms with Crippen molar-refractivity contribution < 1.29 is 9.47 Å². The second kappa shape index (κ2) is 6.48. The van der Waals surface area contributed by atoms with Gasteiger partial charge in [0.2, 0.25) is 0 Å². The van der Waals surface area contributed by atoms with E-state index in [9.17, 15) is 0 Å². The lowest BCUT2D eigenvalue weighted by molar-refractivity contribution is 0.0485. The third kappa shape index (κ3) is 2.83. The molecule has 0 saturated heterocycles. The molecule has 0 saturated carbocycles. The highest BCUT2D eigenvalue weighted by molar-refractivity contribution is 5.54. The van der Waals surface area contributed by atoms with Gasteiger partial charge < -0.3 is 20.1 Å². The summed E-state index contributed by atoms with van der Waals surface area (Å²) in [6.45, 7) is 1.25. The van der Waals surface area contributed by atoms with E-state index in [4.69, 9.17) is 9.47 Å². The summed E-state index contributed by atoms with van der Waals surface area (Å²) < 4.78 is 11.9. The first-order valence-corrected chi connectivity index (χ1v) is 8.89. The summed E-state index contributed by atoms with van der Waals surface area (Å²) in [5.74, 6) is 0. The smallest absolute Gasteiger partial charge is 0.154 e. The summed E-state index contributed by atoms with van der Waals surface area (Å²) in [6, 6.07) is 24.9. The molecule has 0 radical (unpaired) electrons. The molecule has 26 heavy (non-hydrogen) atoms. The first-order valence-electron chi connectivity index (χ1n) is 8.89. The van der Waals surface area contributed by atoms with Crippen LogP contribution in [0.5, 0.6) is 0 Å². The Labute approximate surface area is 152 Å². The van der Waals surface area contributed by atoms with E-state index >= 15 is 0 Å². The SMILES string of the molecule is c1ccc2c(c1)COC(c1ccc(C3Nc4ccccc4CO3)cc1)N2. The average Bonchev–Trinajstić information content (AvgIpc) is 2.73. The maximum Gasteiger partial charge on any atom is 0.154 e. The number of benzene rings is 3. The summed E-state index contributed by atoms with van der Waals surface area (Å²) in [7, 11) is 0. The van der Waals surface area contributed by atoms with Crippen molar-refractivity contribution in [1.82, 2.24) is 0 Å². The molecule has 0 fully saturated rings. The predicted molar refractivity (Wildman–Crippen MR) is 102 cm³/mol. The maximum absolute atomic E-state index is 5.96. The van der Waals surface area contributed by atoms with Crippen LogP contribution in [-0.4, -0.2) is 0 Å². The van der Waals surface area contributed by atoms with Crippen molar-refractivity contribution in [2.24, 2.45) is 0 Å². The van der Waals surface area contributed by atoms with E-state index in [2.05, 4.69) is 59.2 Å². The molecular formula is C22H20N2O2. The van der Waals surface area contributed by atoms with Crippen LogP contribution in [0.25, 0.3) is 0 Å². The van der Waals surface area contributed by atoms with Crippen LogP contribution in [0, 0.1) is 0 Å². The summed E-state index contributed by atoms with van der Waals surface area (Å²) in [6.07, 6.45) is -0.250. The van der Waals surface area contributed by atoms with Gasteiger partial charge in [-0.3, -0.25) is 0 Å². The highest BCUT2D eigenvalue weighted by atomic mass is 16.5. The van der Waals surface area contributed by atoms with Crippen molar-refractivity contribution in [1.29, 1.82) is 0 Å². The Morgan fingerprint density at radius 2 is 1.00 bits per heavy atom. The molecule has 2 aliphatic heterocycles. The molecule has 3 aromatic rings. The first kappa shape index (κ1) is 15.4. The molecule has 3 aromatic carbocycles. The monoisotopic (exact) mass is 344 g/mol. The summed E-state index contributed by atoms with van der Waals surface area (Å²) in [4.78, 5) is 0.